The Morgan fingerprint density at radius 3 is 2.82 bits per heavy atom. The van der Waals surface area contributed by atoms with Crippen LogP contribution in [0.15, 0.2) is 0 Å². The van der Waals surface area contributed by atoms with Gasteiger partial charge in [-0.2, -0.15) is 0 Å². The van der Waals surface area contributed by atoms with E-state index in [1.807, 2.05) is 0 Å². The number of aliphatic hydroxyl groups excluding tert-OH is 3. The Bertz CT molecular complexity index is 181. The molecule has 1 saturated heterocycles. The van der Waals surface area contributed by atoms with Gasteiger partial charge in [0.05, 0.1) is 6.10 Å². The molecule has 1 aliphatic rings. The molecular weight excluding hydrogens is 152 g/mol. The van der Waals surface area contributed by atoms with E-state index in [4.69, 9.17) is 16.4 Å². The molecule has 0 aromatic heterocycles. The van der Waals surface area contributed by atoms with Crippen molar-refractivity contribution < 1.29 is 24.9 Å². The van der Waals surface area contributed by atoms with E-state index in [-0.39, 0.29) is 0 Å². The van der Waals surface area contributed by atoms with Gasteiger partial charge in [0.1, 0.15) is 12.2 Å². The standard InChI is InChI=1S/C6H10O5/c1-2-3(7)4(8)5(9)6(10)11-2/h2-4,6-8,10H,1H3/t2?,3?,4-,6-/m0/s1/i10T. The first-order valence-corrected chi connectivity index (χ1v) is 3.25. The molecule has 4 atom stereocenters. The first-order chi connectivity index (χ1) is 5.57. The van der Waals surface area contributed by atoms with Gasteiger partial charge in [0, 0.05) is 0 Å². The van der Waals surface area contributed by atoms with E-state index in [1.165, 1.54) is 6.92 Å². The van der Waals surface area contributed by atoms with Crippen LogP contribution in [0.3, 0.4) is 0 Å². The van der Waals surface area contributed by atoms with Gasteiger partial charge >= 0.3 is 0 Å². The first-order valence-electron chi connectivity index (χ1n) is 3.66. The second-order valence-electron chi connectivity index (χ2n) is 2.51. The summed E-state index contributed by atoms with van der Waals surface area (Å²) in [5, 5.41) is 22.1. The minimum Gasteiger partial charge on any atom is -0.387 e. The number of hydrogen-bond donors (Lipinski definition) is 3. The Morgan fingerprint density at radius 2 is 2.27 bits per heavy atom. The Labute approximate surface area is 64.7 Å². The van der Waals surface area contributed by atoms with Crippen molar-refractivity contribution in [2.45, 2.75) is 31.5 Å². The summed E-state index contributed by atoms with van der Waals surface area (Å²) in [6.45, 7) is 1.48. The Morgan fingerprint density at radius 1 is 1.64 bits per heavy atom. The first kappa shape index (κ1) is 7.17. The van der Waals surface area contributed by atoms with Crippen molar-refractivity contribution in [3.05, 3.63) is 0 Å². The van der Waals surface area contributed by atoms with Crippen molar-refractivity contribution in [2.75, 3.05) is 0 Å². The second-order valence-corrected chi connectivity index (χ2v) is 2.51. The zero-order valence-corrected chi connectivity index (χ0v) is 5.93. The van der Waals surface area contributed by atoms with E-state index in [1.54, 1.807) is 0 Å². The molecule has 5 heteroatoms. The lowest BCUT2D eigenvalue weighted by Gasteiger charge is -2.31. The molecule has 2 unspecified atom stereocenters. The quantitative estimate of drug-likeness (QED) is 0.418. The van der Waals surface area contributed by atoms with Crippen LogP contribution >= 0.6 is 0 Å². The minimum absolute atomic E-state index is 0.715. The van der Waals surface area contributed by atoms with Gasteiger partial charge in [-0.15, -0.1) is 0 Å². The average Bonchev–Trinajstić information content (AvgIpc) is 2.08. The van der Waals surface area contributed by atoms with Crippen molar-refractivity contribution in [1.82, 2.24) is 0 Å². The summed E-state index contributed by atoms with van der Waals surface area (Å²) in [6, 6.07) is 0. The van der Waals surface area contributed by atoms with Gasteiger partial charge in [0.2, 0.25) is 13.5 Å². The topological polar surface area (TPSA) is 87.0 Å². The SMILES string of the molecule is [3H]O[C@H]1OC(C)C(O)[C@H](O)C1=O. The van der Waals surface area contributed by atoms with Crippen molar-refractivity contribution >= 4 is 5.78 Å². The van der Waals surface area contributed by atoms with Gasteiger partial charge in [0.15, 0.2) is 0 Å². The molecule has 0 aromatic carbocycles. The molecule has 0 amide bonds. The molecule has 1 heterocycles. The largest absolute Gasteiger partial charge is 0.387 e. The van der Waals surface area contributed by atoms with E-state index in [0.29, 0.717) is 0 Å². The zero-order valence-electron chi connectivity index (χ0n) is 6.93. The number of rotatable bonds is 1. The number of Topliss-reactive ketones (excluding diaryl/α,β-unsaturated/α-hetero) is 1. The molecule has 0 aromatic rings. The van der Waals surface area contributed by atoms with Gasteiger partial charge in [-0.3, -0.25) is 4.79 Å². The number of hydrogen-bond acceptors (Lipinski definition) is 5. The van der Waals surface area contributed by atoms with E-state index >= 15 is 0 Å². The highest BCUT2D eigenvalue weighted by Gasteiger charge is 2.40. The predicted molar refractivity (Wildman–Crippen MR) is 33.6 cm³/mol. The Kier molecular flexibility index (Phi) is 1.87. The third-order valence-electron chi connectivity index (χ3n) is 1.67. The van der Waals surface area contributed by atoms with Gasteiger partial charge in [-0.1, -0.05) is 0 Å². The third-order valence-corrected chi connectivity index (χ3v) is 1.67. The maximum Gasteiger partial charge on any atom is 0.219 e. The lowest BCUT2D eigenvalue weighted by atomic mass is 10.0. The number of aliphatic hydroxyl groups is 3. The summed E-state index contributed by atoms with van der Waals surface area (Å²) in [4.78, 5) is 10.9. The molecule has 1 aliphatic heterocycles. The summed E-state index contributed by atoms with van der Waals surface area (Å²) in [5.74, 6) is -0.824. The Hall–Kier alpha value is -0.490. The lowest BCUT2D eigenvalue weighted by molar-refractivity contribution is -0.217. The van der Waals surface area contributed by atoms with Crippen LogP contribution in [0.4, 0.5) is 0 Å². The van der Waals surface area contributed by atoms with Gasteiger partial charge in [-0.05, 0) is 6.92 Å². The molecule has 0 radical (unpaired) electrons. The van der Waals surface area contributed by atoms with E-state index in [0.717, 1.165) is 0 Å². The third kappa shape index (κ3) is 1.41. The number of ketones is 1. The fraction of sp³-hybridized carbons (Fsp3) is 0.833. The van der Waals surface area contributed by atoms with Crippen LogP contribution in [0.5, 0.6) is 0 Å². The van der Waals surface area contributed by atoms with E-state index in [9.17, 15) is 4.79 Å². The number of carbonyl (C=O) groups is 1. The van der Waals surface area contributed by atoms with Gasteiger partial charge < -0.3 is 20.1 Å². The van der Waals surface area contributed by atoms with Crippen LogP contribution in [-0.4, -0.2) is 47.1 Å². The number of ether oxygens (including phenoxy) is 1. The molecule has 0 saturated carbocycles. The highest BCUT2D eigenvalue weighted by atomic mass is 16.6. The average molecular weight is 164 g/mol. The zero-order chi connectivity index (χ0) is 9.30. The van der Waals surface area contributed by atoms with Crippen LogP contribution in [0, 0.1) is 0 Å². The summed E-state index contributed by atoms with van der Waals surface area (Å²) in [6.07, 6.45) is -4.88. The molecule has 64 valence electrons. The van der Waals surface area contributed by atoms with Crippen molar-refractivity contribution in [1.29, 1.82) is 1.43 Å². The smallest absolute Gasteiger partial charge is 0.219 e. The number of carbonyl (C=O) groups excluding carboxylic acids is 1. The van der Waals surface area contributed by atoms with E-state index in [2.05, 4.69) is 5.11 Å². The maximum absolute atomic E-state index is 10.9. The van der Waals surface area contributed by atoms with Crippen LogP contribution in [0.2, 0.25) is 0 Å². The summed E-state index contributed by atoms with van der Waals surface area (Å²) >= 11 is 0. The molecule has 0 spiro atoms. The molecule has 1 rings (SSSR count). The fourth-order valence-electron chi connectivity index (χ4n) is 0.907. The van der Waals surface area contributed by atoms with Crippen molar-refractivity contribution in [3.63, 3.8) is 0 Å². The van der Waals surface area contributed by atoms with Crippen LogP contribution < -0.4 is 0 Å². The minimum atomic E-state index is -1.52. The molecule has 3 N–H and O–H groups in total. The summed E-state index contributed by atoms with van der Waals surface area (Å²) in [7, 11) is 0. The highest BCUT2D eigenvalue weighted by Crippen LogP contribution is 2.15. The van der Waals surface area contributed by atoms with Gasteiger partial charge in [0.25, 0.3) is 0 Å². The van der Waals surface area contributed by atoms with Crippen LogP contribution in [0.1, 0.15) is 6.92 Å². The van der Waals surface area contributed by atoms with Crippen molar-refractivity contribution in [3.8, 4) is 0 Å². The molecular formula is C6H10O5. The molecule has 1 fully saturated rings. The van der Waals surface area contributed by atoms with Gasteiger partial charge in [-0.25, -0.2) is 0 Å². The summed E-state index contributed by atoms with van der Waals surface area (Å²) < 4.78 is 11.2. The molecule has 0 bridgehead atoms. The predicted octanol–water partition coefficient (Wildman–Crippen LogP) is -1.99. The van der Waals surface area contributed by atoms with Crippen LogP contribution in [0.25, 0.3) is 0 Å². The molecule has 11 heavy (non-hydrogen) atoms. The highest BCUT2D eigenvalue weighted by molar-refractivity contribution is 5.87. The second kappa shape index (κ2) is 2.86. The monoisotopic (exact) mass is 164 g/mol. The van der Waals surface area contributed by atoms with E-state index < -0.39 is 30.4 Å². The van der Waals surface area contributed by atoms with Crippen LogP contribution in [-0.2, 0) is 9.53 Å². The summed E-state index contributed by atoms with van der Waals surface area (Å²) in [5.41, 5.74) is 0. The molecule has 5 nitrogen and oxygen atoms in total. The molecule has 0 aliphatic carbocycles. The lowest BCUT2D eigenvalue weighted by Crippen LogP contribution is -2.53. The maximum atomic E-state index is 10.9. The Balaban J connectivity index is 2.70. The fourth-order valence-corrected chi connectivity index (χ4v) is 0.907. The normalized spacial score (nSPS) is 47.2. The van der Waals surface area contributed by atoms with Crippen molar-refractivity contribution in [2.24, 2.45) is 0 Å².